The average molecular weight is 156 g/mol. The van der Waals surface area contributed by atoms with Crippen molar-refractivity contribution in [1.82, 2.24) is 0 Å². The molecule has 64 valence electrons. The summed E-state index contributed by atoms with van der Waals surface area (Å²) < 4.78 is 0. The van der Waals surface area contributed by atoms with Crippen LogP contribution in [0.3, 0.4) is 0 Å². The third-order valence-electron chi connectivity index (χ3n) is 1.35. The molecule has 0 amide bonds. The fraction of sp³-hybridized carbons (Fsp3) is 0.667. The van der Waals surface area contributed by atoms with Gasteiger partial charge in [-0.1, -0.05) is 26.8 Å². The Morgan fingerprint density at radius 2 is 2.09 bits per heavy atom. The van der Waals surface area contributed by atoms with Gasteiger partial charge in [0, 0.05) is 5.57 Å². The Bertz CT molecular complexity index is 157. The molecule has 11 heavy (non-hydrogen) atoms. The van der Waals surface area contributed by atoms with Gasteiger partial charge in [0.15, 0.2) is 0 Å². The van der Waals surface area contributed by atoms with Gasteiger partial charge in [-0.3, -0.25) is 0 Å². The number of carboxylic acids is 1. The Balaban J connectivity index is 4.12. The minimum atomic E-state index is -0.777. The molecule has 0 fully saturated rings. The summed E-state index contributed by atoms with van der Waals surface area (Å²) in [6.45, 7) is 5.99. The van der Waals surface area contributed by atoms with E-state index >= 15 is 0 Å². The molecular formula is C9H16O2. The summed E-state index contributed by atoms with van der Waals surface area (Å²) in [5.41, 5.74) is 0.544. The SMILES string of the molecule is CC/C=C(\CC(C)C)C(=O)O. The minimum absolute atomic E-state index is 0.420. The maximum Gasteiger partial charge on any atom is 0.331 e. The zero-order valence-electron chi connectivity index (χ0n) is 7.42. The Kier molecular flexibility index (Phi) is 4.59. The molecule has 0 atom stereocenters. The molecule has 2 nitrogen and oxygen atoms in total. The van der Waals surface area contributed by atoms with Crippen molar-refractivity contribution in [3.63, 3.8) is 0 Å². The van der Waals surface area contributed by atoms with E-state index in [1.165, 1.54) is 0 Å². The Morgan fingerprint density at radius 1 is 1.55 bits per heavy atom. The summed E-state index contributed by atoms with van der Waals surface area (Å²) in [5, 5.41) is 8.68. The van der Waals surface area contributed by atoms with Gasteiger partial charge in [-0.05, 0) is 18.8 Å². The van der Waals surface area contributed by atoms with Crippen LogP contribution in [0.15, 0.2) is 11.6 Å². The van der Waals surface area contributed by atoms with E-state index in [1.54, 1.807) is 6.08 Å². The number of carboxylic acid groups (broad SMARTS) is 1. The molecule has 0 radical (unpaired) electrons. The maximum atomic E-state index is 10.6. The first-order chi connectivity index (χ1) is 5.07. The van der Waals surface area contributed by atoms with Crippen molar-refractivity contribution in [2.75, 3.05) is 0 Å². The van der Waals surface area contributed by atoms with Crippen molar-refractivity contribution in [2.45, 2.75) is 33.6 Å². The van der Waals surface area contributed by atoms with Crippen LogP contribution in [-0.4, -0.2) is 11.1 Å². The van der Waals surface area contributed by atoms with E-state index in [0.717, 1.165) is 6.42 Å². The minimum Gasteiger partial charge on any atom is -0.478 e. The number of aliphatic carboxylic acids is 1. The van der Waals surface area contributed by atoms with E-state index in [4.69, 9.17) is 5.11 Å². The predicted octanol–water partition coefficient (Wildman–Crippen LogP) is 2.45. The Labute approximate surface area is 67.9 Å². The molecule has 0 aliphatic carbocycles. The van der Waals surface area contributed by atoms with Crippen LogP contribution in [-0.2, 0) is 4.79 Å². The number of hydrogen-bond acceptors (Lipinski definition) is 1. The van der Waals surface area contributed by atoms with Crippen LogP contribution in [0, 0.1) is 5.92 Å². The van der Waals surface area contributed by atoms with Gasteiger partial charge in [-0.15, -0.1) is 0 Å². The monoisotopic (exact) mass is 156 g/mol. The van der Waals surface area contributed by atoms with Crippen LogP contribution in [0.2, 0.25) is 0 Å². The molecule has 0 unspecified atom stereocenters. The zero-order valence-corrected chi connectivity index (χ0v) is 7.42. The van der Waals surface area contributed by atoms with Gasteiger partial charge in [0.25, 0.3) is 0 Å². The highest BCUT2D eigenvalue weighted by atomic mass is 16.4. The molecule has 0 aliphatic rings. The van der Waals surface area contributed by atoms with Crippen molar-refractivity contribution >= 4 is 5.97 Å². The van der Waals surface area contributed by atoms with Crippen molar-refractivity contribution in [1.29, 1.82) is 0 Å². The maximum absolute atomic E-state index is 10.6. The molecule has 0 saturated carbocycles. The smallest absolute Gasteiger partial charge is 0.331 e. The number of allylic oxidation sites excluding steroid dienone is 1. The van der Waals surface area contributed by atoms with Crippen molar-refractivity contribution in [3.8, 4) is 0 Å². The highest BCUT2D eigenvalue weighted by Gasteiger charge is 2.07. The van der Waals surface area contributed by atoms with E-state index in [-0.39, 0.29) is 0 Å². The van der Waals surface area contributed by atoms with E-state index in [0.29, 0.717) is 17.9 Å². The van der Waals surface area contributed by atoms with Gasteiger partial charge in [0.2, 0.25) is 0 Å². The molecule has 0 aromatic rings. The second-order valence-corrected chi connectivity index (χ2v) is 3.04. The van der Waals surface area contributed by atoms with Crippen LogP contribution < -0.4 is 0 Å². The van der Waals surface area contributed by atoms with E-state index < -0.39 is 5.97 Å². The van der Waals surface area contributed by atoms with Crippen LogP contribution in [0.1, 0.15) is 33.6 Å². The third-order valence-corrected chi connectivity index (χ3v) is 1.35. The van der Waals surface area contributed by atoms with Crippen LogP contribution in [0.4, 0.5) is 0 Å². The summed E-state index contributed by atoms with van der Waals surface area (Å²) in [6.07, 6.45) is 3.25. The molecule has 0 saturated heterocycles. The summed E-state index contributed by atoms with van der Waals surface area (Å²) in [5.74, 6) is -0.357. The Morgan fingerprint density at radius 3 is 2.36 bits per heavy atom. The molecule has 0 bridgehead atoms. The van der Waals surface area contributed by atoms with Gasteiger partial charge >= 0.3 is 5.97 Å². The molecule has 0 aliphatic heterocycles. The first kappa shape index (κ1) is 10.2. The zero-order chi connectivity index (χ0) is 8.85. The normalized spacial score (nSPS) is 12.2. The fourth-order valence-electron chi connectivity index (χ4n) is 0.944. The molecule has 0 heterocycles. The van der Waals surface area contributed by atoms with E-state index in [1.807, 2.05) is 20.8 Å². The number of carbonyl (C=O) groups is 1. The molecule has 0 spiro atoms. The van der Waals surface area contributed by atoms with Crippen LogP contribution in [0.5, 0.6) is 0 Å². The van der Waals surface area contributed by atoms with Gasteiger partial charge in [0.05, 0.1) is 0 Å². The van der Waals surface area contributed by atoms with Gasteiger partial charge < -0.3 is 5.11 Å². The van der Waals surface area contributed by atoms with Gasteiger partial charge in [-0.25, -0.2) is 4.79 Å². The molecule has 0 aromatic carbocycles. The third kappa shape index (κ3) is 4.59. The standard InChI is InChI=1S/C9H16O2/c1-4-5-8(9(10)11)6-7(2)3/h5,7H,4,6H2,1-3H3,(H,10,11)/b8-5+. The predicted molar refractivity (Wildman–Crippen MR) is 45.5 cm³/mol. The summed E-state index contributed by atoms with van der Waals surface area (Å²) in [6, 6.07) is 0. The first-order valence-corrected chi connectivity index (χ1v) is 4.00. The van der Waals surface area contributed by atoms with Crippen molar-refractivity contribution in [3.05, 3.63) is 11.6 Å². The number of hydrogen-bond donors (Lipinski definition) is 1. The van der Waals surface area contributed by atoms with Crippen LogP contribution in [0.25, 0.3) is 0 Å². The Hall–Kier alpha value is -0.790. The van der Waals surface area contributed by atoms with E-state index in [2.05, 4.69) is 0 Å². The van der Waals surface area contributed by atoms with Gasteiger partial charge in [0.1, 0.15) is 0 Å². The van der Waals surface area contributed by atoms with Crippen molar-refractivity contribution < 1.29 is 9.90 Å². The summed E-state index contributed by atoms with van der Waals surface area (Å²) in [4.78, 5) is 10.6. The lowest BCUT2D eigenvalue weighted by atomic mass is 10.0. The van der Waals surface area contributed by atoms with Crippen LogP contribution >= 0.6 is 0 Å². The second-order valence-electron chi connectivity index (χ2n) is 3.04. The molecule has 1 N–H and O–H groups in total. The number of rotatable bonds is 4. The molecule has 0 aromatic heterocycles. The lowest BCUT2D eigenvalue weighted by Crippen LogP contribution is -2.03. The van der Waals surface area contributed by atoms with Crippen molar-refractivity contribution in [2.24, 2.45) is 5.92 Å². The highest BCUT2D eigenvalue weighted by Crippen LogP contribution is 2.11. The largest absolute Gasteiger partial charge is 0.478 e. The first-order valence-electron chi connectivity index (χ1n) is 4.00. The van der Waals surface area contributed by atoms with Gasteiger partial charge in [-0.2, -0.15) is 0 Å². The fourth-order valence-corrected chi connectivity index (χ4v) is 0.944. The molecule has 0 rings (SSSR count). The summed E-state index contributed by atoms with van der Waals surface area (Å²) >= 11 is 0. The quantitative estimate of drug-likeness (QED) is 0.635. The van der Waals surface area contributed by atoms with E-state index in [9.17, 15) is 4.79 Å². The average Bonchev–Trinajstić information content (AvgIpc) is 1.86. The highest BCUT2D eigenvalue weighted by molar-refractivity contribution is 5.86. The second kappa shape index (κ2) is 4.94. The lowest BCUT2D eigenvalue weighted by molar-refractivity contribution is -0.132. The molecular weight excluding hydrogens is 140 g/mol. The molecule has 2 heteroatoms. The lowest BCUT2D eigenvalue weighted by Gasteiger charge is -2.04. The topological polar surface area (TPSA) is 37.3 Å². The summed E-state index contributed by atoms with van der Waals surface area (Å²) in [7, 11) is 0.